The Morgan fingerprint density at radius 1 is 1.00 bits per heavy atom. The average Bonchev–Trinajstić information content (AvgIpc) is 3.76. The van der Waals surface area contributed by atoms with Gasteiger partial charge in [0.1, 0.15) is 6.04 Å². The molecule has 0 bridgehead atoms. The predicted molar refractivity (Wildman–Crippen MR) is 157 cm³/mol. The summed E-state index contributed by atoms with van der Waals surface area (Å²) in [4.78, 5) is 44.6. The van der Waals surface area contributed by atoms with Crippen LogP contribution in [0, 0.1) is 23.7 Å². The van der Waals surface area contributed by atoms with E-state index in [-0.39, 0.29) is 17.7 Å². The number of rotatable bonds is 13. The topological polar surface area (TPSA) is 95.7 Å². The van der Waals surface area contributed by atoms with Crippen LogP contribution in [0.4, 0.5) is 17.1 Å². The summed E-state index contributed by atoms with van der Waals surface area (Å²) >= 11 is 0. The van der Waals surface area contributed by atoms with Crippen molar-refractivity contribution in [3.05, 3.63) is 54.6 Å². The Labute approximate surface area is 233 Å². The quantitative estimate of drug-likeness (QED) is 0.361. The zero-order chi connectivity index (χ0) is 27.9. The first-order valence-electron chi connectivity index (χ1n) is 14.6. The molecule has 2 aromatic carbocycles. The monoisotopic (exact) mass is 532 g/mol. The van der Waals surface area contributed by atoms with Crippen molar-refractivity contribution in [2.24, 2.45) is 29.4 Å². The minimum atomic E-state index is -0.765. The fraction of sp³-hybridized carbons (Fsp3) is 0.531. The van der Waals surface area contributed by atoms with Crippen LogP contribution in [-0.2, 0) is 14.4 Å². The molecule has 0 radical (unpaired) electrons. The van der Waals surface area contributed by atoms with Crippen LogP contribution in [-0.4, -0.2) is 36.9 Å². The van der Waals surface area contributed by atoms with Gasteiger partial charge in [-0.25, -0.2) is 0 Å². The summed E-state index contributed by atoms with van der Waals surface area (Å²) in [5.74, 6) is -1.07. The SMILES string of the molecule is CCCCC(C(N)=O)C(CC(C)C)C(=O)NC1CN(c2ccccc2)c2ccccc2N(CCC2CC2)C1=O. The van der Waals surface area contributed by atoms with Gasteiger partial charge in [-0.15, -0.1) is 0 Å². The van der Waals surface area contributed by atoms with Gasteiger partial charge in [0.15, 0.2) is 0 Å². The molecule has 4 rings (SSSR count). The van der Waals surface area contributed by atoms with Gasteiger partial charge in [0, 0.05) is 24.1 Å². The fourth-order valence-corrected chi connectivity index (χ4v) is 5.70. The third kappa shape index (κ3) is 7.20. The lowest BCUT2D eigenvalue weighted by Crippen LogP contribution is -2.54. The van der Waals surface area contributed by atoms with Gasteiger partial charge >= 0.3 is 0 Å². The lowest BCUT2D eigenvalue weighted by atomic mass is 9.81. The first kappa shape index (κ1) is 28.7. The maximum absolute atomic E-state index is 14.2. The molecule has 0 aromatic heterocycles. The summed E-state index contributed by atoms with van der Waals surface area (Å²) in [6.45, 7) is 7.07. The molecule has 3 unspecified atom stereocenters. The minimum absolute atomic E-state index is 0.109. The highest BCUT2D eigenvalue weighted by atomic mass is 16.2. The average molecular weight is 533 g/mol. The molecule has 2 aromatic rings. The molecule has 3 amide bonds. The Balaban J connectivity index is 1.68. The standard InChI is InChI=1S/C32H44N4O3/c1-4-5-13-25(30(33)37)26(20-22(2)3)31(38)34-27-21-36(24-11-7-6-8-12-24)29-15-10-9-14-28(29)35(32(27)39)19-18-23-16-17-23/h6-12,14-15,22-23,25-27H,4-5,13,16-21H2,1-3H3,(H2,33,37)(H,34,38). The number of nitrogens with two attached hydrogens (primary N) is 1. The van der Waals surface area contributed by atoms with Gasteiger partial charge in [-0.3, -0.25) is 14.4 Å². The van der Waals surface area contributed by atoms with Crippen molar-refractivity contribution in [1.29, 1.82) is 0 Å². The maximum Gasteiger partial charge on any atom is 0.251 e. The Bertz CT molecular complexity index is 1130. The Morgan fingerprint density at radius 3 is 2.28 bits per heavy atom. The van der Waals surface area contributed by atoms with Crippen LogP contribution in [0.1, 0.15) is 65.7 Å². The van der Waals surface area contributed by atoms with Crippen LogP contribution < -0.4 is 20.9 Å². The molecule has 3 atom stereocenters. The van der Waals surface area contributed by atoms with E-state index in [1.165, 1.54) is 12.8 Å². The summed E-state index contributed by atoms with van der Waals surface area (Å²) in [6, 6.07) is 17.2. The van der Waals surface area contributed by atoms with Gasteiger partial charge in [0.05, 0.1) is 17.9 Å². The Hall–Kier alpha value is -3.35. The number of anilines is 3. The number of nitrogens with one attached hydrogen (secondary N) is 1. The Morgan fingerprint density at radius 2 is 1.67 bits per heavy atom. The second kappa shape index (κ2) is 13.1. The van der Waals surface area contributed by atoms with E-state index < -0.39 is 23.8 Å². The highest BCUT2D eigenvalue weighted by Gasteiger charge is 2.39. The first-order valence-corrected chi connectivity index (χ1v) is 14.6. The number of hydrogen-bond donors (Lipinski definition) is 2. The lowest BCUT2D eigenvalue weighted by Gasteiger charge is -2.30. The van der Waals surface area contributed by atoms with E-state index in [1.807, 2.05) is 73.3 Å². The highest BCUT2D eigenvalue weighted by Crippen LogP contribution is 2.39. The highest BCUT2D eigenvalue weighted by molar-refractivity contribution is 6.04. The number of benzene rings is 2. The van der Waals surface area contributed by atoms with Crippen LogP contribution in [0.25, 0.3) is 0 Å². The van der Waals surface area contributed by atoms with Crippen LogP contribution in [0.2, 0.25) is 0 Å². The van der Waals surface area contributed by atoms with E-state index >= 15 is 0 Å². The van der Waals surface area contributed by atoms with Crippen molar-refractivity contribution in [1.82, 2.24) is 5.32 Å². The molecule has 0 saturated heterocycles. The van der Waals surface area contributed by atoms with E-state index in [1.54, 1.807) is 0 Å². The zero-order valence-electron chi connectivity index (χ0n) is 23.6. The molecule has 7 heteroatoms. The number of amides is 3. The molecule has 7 nitrogen and oxygen atoms in total. The lowest BCUT2D eigenvalue weighted by molar-refractivity contribution is -0.136. The van der Waals surface area contributed by atoms with Crippen molar-refractivity contribution in [2.75, 3.05) is 22.9 Å². The molecule has 0 spiro atoms. The molecule has 1 aliphatic carbocycles. The number of carbonyl (C=O) groups excluding carboxylic acids is 3. The molecule has 1 aliphatic heterocycles. The summed E-state index contributed by atoms with van der Waals surface area (Å²) < 4.78 is 0. The van der Waals surface area contributed by atoms with Crippen molar-refractivity contribution in [3.8, 4) is 0 Å². The van der Waals surface area contributed by atoms with Gasteiger partial charge in [0.2, 0.25) is 11.8 Å². The number of carbonyl (C=O) groups is 3. The van der Waals surface area contributed by atoms with E-state index in [9.17, 15) is 14.4 Å². The number of para-hydroxylation sites is 3. The van der Waals surface area contributed by atoms with Crippen molar-refractivity contribution < 1.29 is 14.4 Å². The first-order chi connectivity index (χ1) is 18.8. The largest absolute Gasteiger partial charge is 0.369 e. The molecule has 2 aliphatic rings. The third-order valence-corrected chi connectivity index (χ3v) is 8.02. The van der Waals surface area contributed by atoms with Crippen molar-refractivity contribution in [3.63, 3.8) is 0 Å². The molecule has 3 N–H and O–H groups in total. The van der Waals surface area contributed by atoms with Gasteiger partial charge in [-0.05, 0) is 55.4 Å². The predicted octanol–water partition coefficient (Wildman–Crippen LogP) is 5.41. The molecule has 1 saturated carbocycles. The van der Waals surface area contributed by atoms with Crippen LogP contribution in [0.15, 0.2) is 54.6 Å². The van der Waals surface area contributed by atoms with Gasteiger partial charge in [-0.2, -0.15) is 0 Å². The van der Waals surface area contributed by atoms with Gasteiger partial charge < -0.3 is 20.9 Å². The number of hydrogen-bond acceptors (Lipinski definition) is 4. The third-order valence-electron chi connectivity index (χ3n) is 8.02. The normalized spacial score (nSPS) is 18.9. The number of unbranched alkanes of at least 4 members (excludes halogenated alkanes) is 1. The molecule has 1 fully saturated rings. The minimum Gasteiger partial charge on any atom is -0.369 e. The second-order valence-electron chi connectivity index (χ2n) is 11.6. The molecule has 1 heterocycles. The molecule has 210 valence electrons. The maximum atomic E-state index is 14.2. The van der Waals surface area contributed by atoms with Gasteiger partial charge in [-0.1, -0.05) is 76.8 Å². The fourth-order valence-electron chi connectivity index (χ4n) is 5.70. The summed E-state index contributed by atoms with van der Waals surface area (Å²) in [5, 5.41) is 3.11. The van der Waals surface area contributed by atoms with Crippen molar-refractivity contribution in [2.45, 2.75) is 71.8 Å². The second-order valence-corrected chi connectivity index (χ2v) is 11.6. The van der Waals surface area contributed by atoms with E-state index in [4.69, 9.17) is 5.73 Å². The molecular formula is C32H44N4O3. The zero-order valence-corrected chi connectivity index (χ0v) is 23.6. The van der Waals surface area contributed by atoms with Crippen LogP contribution in [0.5, 0.6) is 0 Å². The van der Waals surface area contributed by atoms with Crippen LogP contribution >= 0.6 is 0 Å². The molecule has 39 heavy (non-hydrogen) atoms. The van der Waals surface area contributed by atoms with Crippen molar-refractivity contribution >= 4 is 34.8 Å². The number of primary amides is 1. The summed E-state index contributed by atoms with van der Waals surface area (Å²) in [5.41, 5.74) is 8.59. The smallest absolute Gasteiger partial charge is 0.251 e. The van der Waals surface area contributed by atoms with Gasteiger partial charge in [0.25, 0.3) is 5.91 Å². The number of nitrogens with zero attached hydrogens (tertiary/aromatic N) is 2. The Kier molecular flexibility index (Phi) is 9.65. The van der Waals surface area contributed by atoms with E-state index in [2.05, 4.69) is 17.1 Å². The number of fused-ring (bicyclic) bond motifs is 1. The van der Waals surface area contributed by atoms with E-state index in [0.717, 1.165) is 36.3 Å². The summed E-state index contributed by atoms with van der Waals surface area (Å²) in [6.07, 6.45) is 6.22. The molecular weight excluding hydrogens is 488 g/mol. The van der Waals surface area contributed by atoms with Crippen LogP contribution in [0.3, 0.4) is 0 Å². The van der Waals surface area contributed by atoms with E-state index in [0.29, 0.717) is 31.8 Å². The summed E-state index contributed by atoms with van der Waals surface area (Å²) in [7, 11) is 0.